The third-order valence-electron chi connectivity index (χ3n) is 3.17. The molecule has 0 fully saturated rings. The van der Waals surface area contributed by atoms with Gasteiger partial charge in [0.25, 0.3) is 5.56 Å². The molecule has 2 aromatic heterocycles. The minimum absolute atomic E-state index is 0.0336. The van der Waals surface area contributed by atoms with Crippen LogP contribution in [0.5, 0.6) is 0 Å². The number of aromatic nitrogens is 2. The summed E-state index contributed by atoms with van der Waals surface area (Å²) >= 11 is 0. The van der Waals surface area contributed by atoms with E-state index in [9.17, 15) is 4.79 Å². The zero-order chi connectivity index (χ0) is 13.2. The lowest BCUT2D eigenvalue weighted by Gasteiger charge is -2.07. The van der Waals surface area contributed by atoms with Crippen LogP contribution in [0.2, 0.25) is 0 Å². The molecule has 0 saturated heterocycles. The van der Waals surface area contributed by atoms with Gasteiger partial charge in [0.05, 0.1) is 12.1 Å². The van der Waals surface area contributed by atoms with Gasteiger partial charge in [0, 0.05) is 23.8 Å². The number of aryl methyl sites for hydroxylation is 1. The van der Waals surface area contributed by atoms with E-state index in [1.54, 1.807) is 16.8 Å². The zero-order valence-electron chi connectivity index (χ0n) is 10.7. The lowest BCUT2D eigenvalue weighted by atomic mass is 10.1. The van der Waals surface area contributed by atoms with Gasteiger partial charge in [0.2, 0.25) is 0 Å². The van der Waals surface area contributed by atoms with Crippen molar-refractivity contribution in [1.29, 1.82) is 0 Å². The summed E-state index contributed by atoms with van der Waals surface area (Å²) in [6.07, 6.45) is 3.62. The van der Waals surface area contributed by atoms with E-state index in [1.807, 2.05) is 43.5 Å². The smallest absolute Gasteiger partial charge is 0.251 e. The lowest BCUT2D eigenvalue weighted by molar-refractivity contribution is 0.758. The highest BCUT2D eigenvalue weighted by Crippen LogP contribution is 2.13. The average molecular weight is 250 g/mol. The molecule has 0 bridgehead atoms. The number of fused-ring (bicyclic) bond motifs is 1. The molecule has 2 heterocycles. The second-order valence-corrected chi connectivity index (χ2v) is 4.70. The number of benzene rings is 1. The van der Waals surface area contributed by atoms with Crippen molar-refractivity contribution in [2.24, 2.45) is 0 Å². The Morgan fingerprint density at radius 1 is 1.16 bits per heavy atom. The summed E-state index contributed by atoms with van der Waals surface area (Å²) in [6, 6.07) is 13.6. The van der Waals surface area contributed by atoms with E-state index >= 15 is 0 Å². The molecule has 0 unspecified atom stereocenters. The third-order valence-corrected chi connectivity index (χ3v) is 3.17. The lowest BCUT2D eigenvalue weighted by Crippen LogP contribution is -2.19. The van der Waals surface area contributed by atoms with Gasteiger partial charge in [-0.1, -0.05) is 12.1 Å². The van der Waals surface area contributed by atoms with Crippen molar-refractivity contribution in [2.75, 3.05) is 0 Å². The summed E-state index contributed by atoms with van der Waals surface area (Å²) in [7, 11) is 0. The van der Waals surface area contributed by atoms with Gasteiger partial charge < -0.3 is 4.57 Å². The number of nitrogens with zero attached hydrogens (tertiary/aromatic N) is 2. The van der Waals surface area contributed by atoms with Gasteiger partial charge in [-0.25, -0.2) is 0 Å². The molecule has 3 heteroatoms. The van der Waals surface area contributed by atoms with Crippen molar-refractivity contribution in [1.82, 2.24) is 9.55 Å². The maximum atomic E-state index is 11.9. The molecule has 0 aliphatic rings. The van der Waals surface area contributed by atoms with Crippen molar-refractivity contribution in [3.63, 3.8) is 0 Å². The van der Waals surface area contributed by atoms with E-state index in [2.05, 4.69) is 11.1 Å². The molecule has 0 spiro atoms. The predicted molar refractivity (Wildman–Crippen MR) is 76.3 cm³/mol. The Kier molecular flexibility index (Phi) is 2.88. The van der Waals surface area contributed by atoms with Crippen molar-refractivity contribution < 1.29 is 0 Å². The minimum atomic E-state index is 0.0336. The van der Waals surface area contributed by atoms with Gasteiger partial charge in [0.15, 0.2) is 0 Å². The fourth-order valence-corrected chi connectivity index (χ4v) is 2.16. The molecule has 3 nitrogen and oxygen atoms in total. The second-order valence-electron chi connectivity index (χ2n) is 4.70. The maximum absolute atomic E-state index is 11.9. The molecule has 3 aromatic rings. The largest absolute Gasteiger partial charge is 0.311 e. The summed E-state index contributed by atoms with van der Waals surface area (Å²) in [6.45, 7) is 2.51. The van der Waals surface area contributed by atoms with Crippen LogP contribution in [0.25, 0.3) is 10.9 Å². The molecule has 94 valence electrons. The number of pyridine rings is 2. The first-order valence-corrected chi connectivity index (χ1v) is 6.23. The predicted octanol–water partition coefficient (Wildman–Crippen LogP) is 2.75. The normalized spacial score (nSPS) is 10.8. The van der Waals surface area contributed by atoms with Crippen LogP contribution in [0, 0.1) is 6.92 Å². The number of rotatable bonds is 2. The number of hydrogen-bond acceptors (Lipinski definition) is 2. The maximum Gasteiger partial charge on any atom is 0.251 e. The molecule has 3 rings (SSSR count). The Labute approximate surface area is 111 Å². The van der Waals surface area contributed by atoms with E-state index < -0.39 is 0 Å². The van der Waals surface area contributed by atoms with Gasteiger partial charge in [-0.3, -0.25) is 9.78 Å². The fraction of sp³-hybridized carbons (Fsp3) is 0.125. The molecule has 0 N–H and O–H groups in total. The molecule has 19 heavy (non-hydrogen) atoms. The monoisotopic (exact) mass is 250 g/mol. The van der Waals surface area contributed by atoms with Crippen molar-refractivity contribution in [3.8, 4) is 0 Å². The molecule has 0 radical (unpaired) electrons. The molecule has 0 aliphatic heterocycles. The highest BCUT2D eigenvalue weighted by molar-refractivity contribution is 5.78. The molecule has 0 atom stereocenters. The van der Waals surface area contributed by atoms with Crippen molar-refractivity contribution >= 4 is 10.9 Å². The van der Waals surface area contributed by atoms with Crippen LogP contribution < -0.4 is 5.56 Å². The Morgan fingerprint density at radius 3 is 2.89 bits per heavy atom. The number of hydrogen-bond donors (Lipinski definition) is 0. The molecule has 0 amide bonds. The van der Waals surface area contributed by atoms with Crippen LogP contribution in [0.4, 0.5) is 0 Å². The summed E-state index contributed by atoms with van der Waals surface area (Å²) < 4.78 is 1.71. The van der Waals surface area contributed by atoms with E-state index in [1.165, 1.54) is 0 Å². The summed E-state index contributed by atoms with van der Waals surface area (Å²) in [5.41, 5.74) is 3.10. The molecular formula is C16H14N2O. The van der Waals surface area contributed by atoms with Gasteiger partial charge in [0.1, 0.15) is 0 Å². The Bertz CT molecular complexity index is 790. The average Bonchev–Trinajstić information content (AvgIpc) is 2.42. The third kappa shape index (κ3) is 2.40. The van der Waals surface area contributed by atoms with E-state index in [0.29, 0.717) is 6.54 Å². The molecular weight excluding hydrogens is 236 g/mol. The molecule has 0 saturated carbocycles. The van der Waals surface area contributed by atoms with Crippen LogP contribution in [-0.2, 0) is 6.54 Å². The molecule has 0 aliphatic carbocycles. The second kappa shape index (κ2) is 4.69. The van der Waals surface area contributed by atoms with Crippen LogP contribution in [0.15, 0.2) is 59.7 Å². The van der Waals surface area contributed by atoms with Crippen molar-refractivity contribution in [2.45, 2.75) is 13.5 Å². The topological polar surface area (TPSA) is 34.9 Å². The van der Waals surface area contributed by atoms with Crippen LogP contribution in [0.1, 0.15) is 11.1 Å². The Hall–Kier alpha value is -2.42. The minimum Gasteiger partial charge on any atom is -0.311 e. The summed E-state index contributed by atoms with van der Waals surface area (Å²) in [4.78, 5) is 16.1. The quantitative estimate of drug-likeness (QED) is 0.701. The first-order chi connectivity index (χ1) is 9.22. The van der Waals surface area contributed by atoms with Crippen LogP contribution in [0.3, 0.4) is 0 Å². The molecule has 1 aromatic carbocycles. The van der Waals surface area contributed by atoms with Crippen molar-refractivity contribution in [3.05, 3.63) is 76.3 Å². The van der Waals surface area contributed by atoms with Gasteiger partial charge in [-0.05, 0) is 42.3 Å². The first-order valence-electron chi connectivity index (χ1n) is 6.23. The van der Waals surface area contributed by atoms with E-state index in [4.69, 9.17) is 0 Å². The highest BCUT2D eigenvalue weighted by atomic mass is 16.1. The van der Waals surface area contributed by atoms with Crippen LogP contribution in [-0.4, -0.2) is 9.55 Å². The summed E-state index contributed by atoms with van der Waals surface area (Å²) in [5, 5.41) is 1.10. The highest BCUT2D eigenvalue weighted by Gasteiger charge is 2.00. The van der Waals surface area contributed by atoms with E-state index in [0.717, 1.165) is 22.0 Å². The SMILES string of the molecule is Cc1ccn(Cc2ccc3ncccc3c2)c(=O)c1. The Balaban J connectivity index is 1.99. The van der Waals surface area contributed by atoms with Gasteiger partial charge in [-0.15, -0.1) is 0 Å². The fourth-order valence-electron chi connectivity index (χ4n) is 2.16. The Morgan fingerprint density at radius 2 is 2.05 bits per heavy atom. The standard InChI is InChI=1S/C16H14N2O/c1-12-6-8-18(16(19)9-12)11-13-4-5-15-14(10-13)3-2-7-17-15/h2-10H,11H2,1H3. The summed E-state index contributed by atoms with van der Waals surface area (Å²) in [5.74, 6) is 0. The van der Waals surface area contributed by atoms with Gasteiger partial charge >= 0.3 is 0 Å². The first kappa shape index (κ1) is 11.7. The zero-order valence-corrected chi connectivity index (χ0v) is 10.7. The van der Waals surface area contributed by atoms with E-state index in [-0.39, 0.29) is 5.56 Å². The van der Waals surface area contributed by atoms with Gasteiger partial charge in [-0.2, -0.15) is 0 Å². The van der Waals surface area contributed by atoms with Crippen LogP contribution >= 0.6 is 0 Å².